The molecule has 0 saturated carbocycles. The van der Waals surface area contributed by atoms with Crippen molar-refractivity contribution < 1.29 is 0 Å². The van der Waals surface area contributed by atoms with Crippen LogP contribution in [0.4, 0.5) is 0 Å². The Morgan fingerprint density at radius 1 is 1.27 bits per heavy atom. The molecule has 0 spiro atoms. The van der Waals surface area contributed by atoms with Gasteiger partial charge in [-0.1, -0.05) is 52.2 Å². The van der Waals surface area contributed by atoms with E-state index in [2.05, 4.69) is 27.4 Å². The number of unbranched alkanes of at least 4 members (excludes halogenated alkanes) is 2. The summed E-state index contributed by atoms with van der Waals surface area (Å²) in [5.41, 5.74) is 1.42. The first-order valence-electron chi connectivity index (χ1n) is 4.90. The molecule has 0 radical (unpaired) electrons. The van der Waals surface area contributed by atoms with Crippen molar-refractivity contribution in [3.05, 3.63) is 12.2 Å². The van der Waals surface area contributed by atoms with Crippen LogP contribution in [-0.4, -0.2) is 0 Å². The second-order valence-electron chi connectivity index (χ2n) is 3.41. The van der Waals surface area contributed by atoms with Gasteiger partial charge >= 0.3 is 0 Å². The number of hydrogen-bond acceptors (Lipinski definition) is 0. The first-order valence-corrected chi connectivity index (χ1v) is 4.90. The molecule has 0 fully saturated rings. The lowest BCUT2D eigenvalue weighted by molar-refractivity contribution is 0.545. The molecule has 0 bridgehead atoms. The van der Waals surface area contributed by atoms with Crippen LogP contribution in [0.2, 0.25) is 0 Å². The summed E-state index contributed by atoms with van der Waals surface area (Å²) >= 11 is 0. The Kier molecular flexibility index (Phi) is 6.30. The van der Waals surface area contributed by atoms with Gasteiger partial charge in [-0.3, -0.25) is 0 Å². The predicted octanol–water partition coefficient (Wildman–Crippen LogP) is 4.17. The summed E-state index contributed by atoms with van der Waals surface area (Å²) in [4.78, 5) is 0. The third-order valence-electron chi connectivity index (χ3n) is 2.39. The highest BCUT2D eigenvalue weighted by Gasteiger charge is 2.03. The largest absolute Gasteiger partial charge is 0.0996 e. The molecule has 0 aromatic rings. The maximum Gasteiger partial charge on any atom is -0.0234 e. The van der Waals surface area contributed by atoms with E-state index in [0.717, 1.165) is 12.3 Å². The monoisotopic (exact) mass is 154 g/mol. The Morgan fingerprint density at radius 3 is 2.36 bits per heavy atom. The van der Waals surface area contributed by atoms with Crippen LogP contribution in [-0.2, 0) is 0 Å². The van der Waals surface area contributed by atoms with Crippen LogP contribution < -0.4 is 0 Å². The van der Waals surface area contributed by atoms with E-state index in [-0.39, 0.29) is 0 Å². The Hall–Kier alpha value is -0.260. The summed E-state index contributed by atoms with van der Waals surface area (Å²) in [6.45, 7) is 10.8. The molecule has 1 atom stereocenters. The molecule has 1 unspecified atom stereocenters. The highest BCUT2D eigenvalue weighted by Crippen LogP contribution is 2.18. The van der Waals surface area contributed by atoms with Crippen LogP contribution in [0.15, 0.2) is 12.2 Å². The molecule has 0 aromatic heterocycles. The summed E-state index contributed by atoms with van der Waals surface area (Å²) < 4.78 is 0. The highest BCUT2D eigenvalue weighted by atomic mass is 14.1. The van der Waals surface area contributed by atoms with Crippen molar-refractivity contribution >= 4 is 0 Å². The van der Waals surface area contributed by atoms with Crippen molar-refractivity contribution in [1.29, 1.82) is 0 Å². The molecule has 0 aliphatic rings. The Bertz CT molecular complexity index is 103. The number of hydrogen-bond donors (Lipinski definition) is 0. The fourth-order valence-corrected chi connectivity index (χ4v) is 1.25. The minimum absolute atomic E-state index is 0.742. The van der Waals surface area contributed by atoms with Gasteiger partial charge in [0, 0.05) is 0 Å². The van der Waals surface area contributed by atoms with Crippen molar-refractivity contribution in [2.24, 2.45) is 5.92 Å². The van der Waals surface area contributed by atoms with Crippen molar-refractivity contribution in [1.82, 2.24) is 0 Å². The van der Waals surface area contributed by atoms with Gasteiger partial charge in [-0.2, -0.15) is 0 Å². The quantitative estimate of drug-likeness (QED) is 0.398. The van der Waals surface area contributed by atoms with Crippen LogP contribution in [0, 0.1) is 5.92 Å². The Labute approximate surface area is 71.7 Å². The molecule has 0 nitrogen and oxygen atoms in total. The summed E-state index contributed by atoms with van der Waals surface area (Å²) in [6, 6.07) is 0. The molecule has 11 heavy (non-hydrogen) atoms. The summed E-state index contributed by atoms with van der Waals surface area (Å²) in [6.07, 6.45) is 6.55. The van der Waals surface area contributed by atoms with Gasteiger partial charge < -0.3 is 0 Å². The molecule has 66 valence electrons. The second-order valence-corrected chi connectivity index (χ2v) is 3.41. The van der Waals surface area contributed by atoms with Gasteiger partial charge in [-0.25, -0.2) is 0 Å². The van der Waals surface area contributed by atoms with Crippen LogP contribution in [0.1, 0.15) is 52.9 Å². The topological polar surface area (TPSA) is 0 Å². The highest BCUT2D eigenvalue weighted by molar-refractivity contribution is 4.97. The smallest absolute Gasteiger partial charge is 0.0234 e. The summed E-state index contributed by atoms with van der Waals surface area (Å²) in [7, 11) is 0. The summed E-state index contributed by atoms with van der Waals surface area (Å²) in [5.74, 6) is 0.742. The third-order valence-corrected chi connectivity index (χ3v) is 2.39. The number of allylic oxidation sites excluding steroid dienone is 1. The number of rotatable bonds is 6. The maximum absolute atomic E-state index is 4.05. The normalized spacial score (nSPS) is 13.0. The summed E-state index contributed by atoms with van der Waals surface area (Å²) in [5, 5.41) is 0. The van der Waals surface area contributed by atoms with E-state index in [1.54, 1.807) is 0 Å². The first kappa shape index (κ1) is 10.7. The molecule has 0 aliphatic heterocycles. The lowest BCUT2D eigenvalue weighted by Gasteiger charge is -2.11. The molecule has 0 saturated heterocycles. The van der Waals surface area contributed by atoms with Gasteiger partial charge in [0.15, 0.2) is 0 Å². The van der Waals surface area contributed by atoms with E-state index in [9.17, 15) is 0 Å². The molecular weight excluding hydrogens is 132 g/mol. The van der Waals surface area contributed by atoms with Gasteiger partial charge in [0.05, 0.1) is 0 Å². The molecule has 0 aliphatic carbocycles. The zero-order valence-electron chi connectivity index (χ0n) is 8.32. The minimum Gasteiger partial charge on any atom is -0.0996 e. The minimum atomic E-state index is 0.742. The molecule has 0 heteroatoms. The Morgan fingerprint density at radius 2 is 1.91 bits per heavy atom. The van der Waals surface area contributed by atoms with Gasteiger partial charge in [0.25, 0.3) is 0 Å². The van der Waals surface area contributed by atoms with E-state index in [1.165, 1.54) is 31.3 Å². The van der Waals surface area contributed by atoms with Crippen molar-refractivity contribution in [2.75, 3.05) is 0 Å². The fourth-order valence-electron chi connectivity index (χ4n) is 1.25. The van der Waals surface area contributed by atoms with Crippen LogP contribution in [0.5, 0.6) is 0 Å². The standard InChI is InChI=1S/C11H22/c1-5-7-8-9-11(4)10(3)6-2/h11H,3,5-9H2,1-2,4H3. The zero-order chi connectivity index (χ0) is 8.69. The average Bonchev–Trinajstić information content (AvgIpc) is 2.03. The first-order chi connectivity index (χ1) is 5.22. The van der Waals surface area contributed by atoms with Crippen LogP contribution in [0.25, 0.3) is 0 Å². The fraction of sp³-hybridized carbons (Fsp3) is 0.818. The van der Waals surface area contributed by atoms with Gasteiger partial charge in [0.1, 0.15) is 0 Å². The van der Waals surface area contributed by atoms with Gasteiger partial charge in [-0.15, -0.1) is 0 Å². The van der Waals surface area contributed by atoms with E-state index in [1.807, 2.05) is 0 Å². The molecule has 0 N–H and O–H groups in total. The van der Waals surface area contributed by atoms with Crippen LogP contribution >= 0.6 is 0 Å². The van der Waals surface area contributed by atoms with E-state index in [0.29, 0.717) is 0 Å². The maximum atomic E-state index is 4.05. The van der Waals surface area contributed by atoms with Crippen molar-refractivity contribution in [3.8, 4) is 0 Å². The van der Waals surface area contributed by atoms with E-state index in [4.69, 9.17) is 0 Å². The molecule has 0 aromatic carbocycles. The lowest BCUT2D eigenvalue weighted by atomic mass is 9.94. The van der Waals surface area contributed by atoms with Gasteiger partial charge in [-0.05, 0) is 18.8 Å². The van der Waals surface area contributed by atoms with E-state index < -0.39 is 0 Å². The van der Waals surface area contributed by atoms with Crippen molar-refractivity contribution in [2.45, 2.75) is 52.9 Å². The molecule has 0 amide bonds. The molecule has 0 rings (SSSR count). The third kappa shape index (κ3) is 5.06. The average molecular weight is 154 g/mol. The molecular formula is C11H22. The van der Waals surface area contributed by atoms with Gasteiger partial charge in [0.2, 0.25) is 0 Å². The predicted molar refractivity (Wildman–Crippen MR) is 52.7 cm³/mol. The van der Waals surface area contributed by atoms with Crippen LogP contribution in [0.3, 0.4) is 0 Å². The van der Waals surface area contributed by atoms with Crippen molar-refractivity contribution in [3.63, 3.8) is 0 Å². The molecule has 0 heterocycles. The zero-order valence-corrected chi connectivity index (χ0v) is 8.32. The van der Waals surface area contributed by atoms with E-state index >= 15 is 0 Å². The SMILES string of the molecule is C=C(CC)C(C)CCCCC. The lowest BCUT2D eigenvalue weighted by Crippen LogP contribution is -1.96. The Balaban J connectivity index is 3.36. The second kappa shape index (κ2) is 6.45.